The van der Waals surface area contributed by atoms with Crippen LogP contribution in [0.15, 0.2) is 17.6 Å². The third-order valence-corrected chi connectivity index (χ3v) is 6.31. The summed E-state index contributed by atoms with van der Waals surface area (Å²) < 4.78 is 26.8. The molecule has 3 rings (SSSR count). The molecule has 2 aliphatic rings. The number of hydrogen-bond donors (Lipinski definition) is 2. The molecule has 0 spiro atoms. The maximum Gasteiger partial charge on any atom is 0.260 e. The third kappa shape index (κ3) is 1.54. The van der Waals surface area contributed by atoms with E-state index in [1.165, 1.54) is 12.5 Å². The van der Waals surface area contributed by atoms with Crippen LogP contribution in [0.3, 0.4) is 0 Å². The molecular formula is C11H18N4O2S. The molecule has 18 heavy (non-hydrogen) atoms. The van der Waals surface area contributed by atoms with E-state index in [1.54, 1.807) is 4.31 Å². The van der Waals surface area contributed by atoms with Crippen molar-refractivity contribution in [3.63, 3.8) is 0 Å². The number of imidazole rings is 1. The minimum absolute atomic E-state index is 0.184. The van der Waals surface area contributed by atoms with Gasteiger partial charge in [0.05, 0.1) is 12.5 Å². The molecule has 100 valence electrons. The number of rotatable bonds is 2. The predicted octanol–water partition coefficient (Wildman–Crippen LogP) is 0.0282. The van der Waals surface area contributed by atoms with Crippen LogP contribution in [0.2, 0.25) is 0 Å². The van der Waals surface area contributed by atoms with Crippen LogP contribution >= 0.6 is 0 Å². The van der Waals surface area contributed by atoms with Crippen LogP contribution in [0.25, 0.3) is 0 Å². The van der Waals surface area contributed by atoms with Crippen LogP contribution < -0.4 is 5.32 Å². The molecule has 2 fully saturated rings. The molecule has 2 unspecified atom stereocenters. The minimum Gasteiger partial charge on any atom is -0.335 e. The molecule has 7 heteroatoms. The van der Waals surface area contributed by atoms with Crippen LogP contribution in [0.5, 0.6) is 0 Å². The van der Waals surface area contributed by atoms with Gasteiger partial charge in [0, 0.05) is 18.6 Å². The molecule has 0 radical (unpaired) electrons. The summed E-state index contributed by atoms with van der Waals surface area (Å²) in [5, 5.41) is 3.53. The van der Waals surface area contributed by atoms with Crippen LogP contribution in [0, 0.1) is 11.8 Å². The number of hydrogen-bond acceptors (Lipinski definition) is 4. The van der Waals surface area contributed by atoms with Gasteiger partial charge >= 0.3 is 0 Å². The van der Waals surface area contributed by atoms with Crippen molar-refractivity contribution in [1.82, 2.24) is 19.6 Å². The van der Waals surface area contributed by atoms with E-state index >= 15 is 0 Å². The van der Waals surface area contributed by atoms with Gasteiger partial charge in [0.15, 0.2) is 5.03 Å². The van der Waals surface area contributed by atoms with Crippen LogP contribution in [-0.4, -0.2) is 47.9 Å². The molecular weight excluding hydrogens is 252 g/mol. The van der Waals surface area contributed by atoms with Gasteiger partial charge in [0.1, 0.15) is 0 Å². The molecule has 2 aliphatic heterocycles. The summed E-state index contributed by atoms with van der Waals surface area (Å²) in [7, 11) is -3.46. The summed E-state index contributed by atoms with van der Waals surface area (Å²) in [5.41, 5.74) is -0.349. The normalized spacial score (nSPS) is 31.7. The van der Waals surface area contributed by atoms with E-state index in [1.807, 2.05) is 13.8 Å². The first-order valence-electron chi connectivity index (χ1n) is 6.16. The van der Waals surface area contributed by atoms with Crippen molar-refractivity contribution in [3.05, 3.63) is 12.5 Å². The Morgan fingerprint density at radius 3 is 2.83 bits per heavy atom. The Morgan fingerprint density at radius 1 is 1.44 bits per heavy atom. The maximum atomic E-state index is 12.6. The molecule has 1 aromatic heterocycles. The zero-order valence-electron chi connectivity index (χ0n) is 10.5. The molecule has 1 aromatic rings. The first-order valence-corrected chi connectivity index (χ1v) is 7.60. The van der Waals surface area contributed by atoms with Gasteiger partial charge in [-0.2, -0.15) is 4.31 Å². The van der Waals surface area contributed by atoms with E-state index in [2.05, 4.69) is 15.3 Å². The van der Waals surface area contributed by atoms with Crippen molar-refractivity contribution < 1.29 is 8.42 Å². The molecule has 0 bridgehead atoms. The number of fused-ring (bicyclic) bond motifs is 1. The monoisotopic (exact) mass is 270 g/mol. The Hall–Kier alpha value is -0.920. The van der Waals surface area contributed by atoms with Gasteiger partial charge in [-0.15, -0.1) is 0 Å². The number of nitrogens with zero attached hydrogens (tertiary/aromatic N) is 2. The number of H-pyrrole nitrogens is 1. The molecule has 0 saturated carbocycles. The summed E-state index contributed by atoms with van der Waals surface area (Å²) in [5.74, 6) is 0.799. The Labute approximate surface area is 107 Å². The second kappa shape index (κ2) is 3.79. The van der Waals surface area contributed by atoms with E-state index in [0.29, 0.717) is 18.4 Å². The molecule has 3 heterocycles. The topological polar surface area (TPSA) is 78.1 Å². The Kier molecular flexibility index (Phi) is 2.55. The number of aromatic amines is 1. The fourth-order valence-corrected chi connectivity index (χ4v) is 5.07. The largest absolute Gasteiger partial charge is 0.335 e. The summed E-state index contributed by atoms with van der Waals surface area (Å²) in [6.07, 6.45) is 2.77. The average molecular weight is 270 g/mol. The lowest BCUT2D eigenvalue weighted by atomic mass is 9.85. The Bertz CT molecular complexity index is 537. The van der Waals surface area contributed by atoms with Gasteiger partial charge < -0.3 is 10.3 Å². The molecule has 2 saturated heterocycles. The lowest BCUT2D eigenvalue weighted by Gasteiger charge is -2.34. The summed E-state index contributed by atoms with van der Waals surface area (Å²) in [4.78, 5) is 6.51. The number of aromatic nitrogens is 2. The van der Waals surface area contributed by atoms with Gasteiger partial charge in [-0.25, -0.2) is 13.4 Å². The second-order valence-corrected chi connectivity index (χ2v) is 7.46. The molecule has 6 nitrogen and oxygen atoms in total. The second-order valence-electron chi connectivity index (χ2n) is 5.63. The average Bonchev–Trinajstić information content (AvgIpc) is 2.97. The van der Waals surface area contributed by atoms with Gasteiger partial charge in [0.25, 0.3) is 10.0 Å². The van der Waals surface area contributed by atoms with E-state index in [0.717, 1.165) is 13.1 Å². The highest BCUT2D eigenvalue weighted by molar-refractivity contribution is 7.89. The molecule has 0 amide bonds. The highest BCUT2D eigenvalue weighted by Gasteiger charge is 2.54. The predicted molar refractivity (Wildman–Crippen MR) is 66.4 cm³/mol. The smallest absolute Gasteiger partial charge is 0.260 e. The van der Waals surface area contributed by atoms with E-state index in [-0.39, 0.29) is 10.6 Å². The van der Waals surface area contributed by atoms with Crippen LogP contribution in [0.4, 0.5) is 0 Å². The summed E-state index contributed by atoms with van der Waals surface area (Å²) in [6.45, 7) is 6.42. The molecule has 2 N–H and O–H groups in total. The third-order valence-electron chi connectivity index (χ3n) is 4.33. The maximum absolute atomic E-state index is 12.6. The minimum atomic E-state index is -3.46. The van der Waals surface area contributed by atoms with Gasteiger partial charge in [-0.1, -0.05) is 0 Å². The Morgan fingerprint density at radius 2 is 2.22 bits per heavy atom. The fraction of sp³-hybridized carbons (Fsp3) is 0.727. The summed E-state index contributed by atoms with van der Waals surface area (Å²) in [6, 6.07) is 0. The van der Waals surface area contributed by atoms with E-state index < -0.39 is 10.0 Å². The molecule has 2 atom stereocenters. The van der Waals surface area contributed by atoms with Crippen LogP contribution in [0.1, 0.15) is 13.8 Å². The van der Waals surface area contributed by atoms with Crippen molar-refractivity contribution >= 4 is 10.0 Å². The highest BCUT2D eigenvalue weighted by Crippen LogP contribution is 2.43. The van der Waals surface area contributed by atoms with Gasteiger partial charge in [0.2, 0.25) is 0 Å². The fourth-order valence-electron chi connectivity index (χ4n) is 3.30. The SMILES string of the molecule is CC1(C)C2CNCC2CN1S(=O)(=O)c1cnc[nH]1. The van der Waals surface area contributed by atoms with Crippen LogP contribution in [-0.2, 0) is 10.0 Å². The summed E-state index contributed by atoms with van der Waals surface area (Å²) >= 11 is 0. The van der Waals surface area contributed by atoms with Gasteiger partial charge in [-0.3, -0.25) is 0 Å². The van der Waals surface area contributed by atoms with Crippen molar-refractivity contribution in [2.45, 2.75) is 24.4 Å². The number of nitrogens with one attached hydrogen (secondary N) is 2. The standard InChI is InChI=1S/C11H18N4O2S/c1-11(2)9-4-12-3-8(9)6-15(11)18(16,17)10-5-13-7-14-10/h5,7-9,12H,3-4,6H2,1-2H3,(H,13,14). The zero-order chi connectivity index (χ0) is 13.0. The van der Waals surface area contributed by atoms with E-state index in [9.17, 15) is 8.42 Å². The van der Waals surface area contributed by atoms with Crippen molar-refractivity contribution in [1.29, 1.82) is 0 Å². The zero-order valence-corrected chi connectivity index (χ0v) is 11.4. The van der Waals surface area contributed by atoms with Crippen molar-refractivity contribution in [2.75, 3.05) is 19.6 Å². The Balaban J connectivity index is 1.99. The molecule has 0 aliphatic carbocycles. The van der Waals surface area contributed by atoms with Gasteiger partial charge in [-0.05, 0) is 32.2 Å². The van der Waals surface area contributed by atoms with Crippen molar-refractivity contribution in [2.24, 2.45) is 11.8 Å². The first-order chi connectivity index (χ1) is 8.44. The highest BCUT2D eigenvalue weighted by atomic mass is 32.2. The van der Waals surface area contributed by atoms with E-state index in [4.69, 9.17) is 0 Å². The number of sulfonamides is 1. The quantitative estimate of drug-likeness (QED) is 0.794. The molecule has 0 aromatic carbocycles. The lowest BCUT2D eigenvalue weighted by molar-refractivity contribution is 0.233. The van der Waals surface area contributed by atoms with Crippen molar-refractivity contribution in [3.8, 4) is 0 Å². The lowest BCUT2D eigenvalue weighted by Crippen LogP contribution is -2.47. The first kappa shape index (κ1) is 12.1.